The molecule has 0 atom stereocenters. The van der Waals surface area contributed by atoms with Gasteiger partial charge in [0.1, 0.15) is 6.01 Å². The van der Waals surface area contributed by atoms with E-state index in [0.29, 0.717) is 0 Å². The fraction of sp³-hybridized carbons (Fsp3) is 0. The third-order valence-corrected chi connectivity index (χ3v) is 0.0645. The number of nitrogens with zero attached hydrogens (tertiary/aromatic N) is 1. The highest BCUT2D eigenvalue weighted by Gasteiger charge is 1.21. The first kappa shape index (κ1) is 8.82. The first-order valence-electron chi connectivity index (χ1n) is 0.732. The molecule has 0 spiro atoms. The molecule has 0 saturated heterocycles. The van der Waals surface area contributed by atoms with Crippen LogP contribution in [0, 0.1) is 5.41 Å². The molecule has 0 aliphatic carbocycles. The lowest BCUT2D eigenvalue weighted by Crippen LogP contribution is -1.71. The molecule has 0 amide bonds. The molecule has 0 radical (unpaired) electrons. The Balaban J connectivity index is 0. The van der Waals surface area contributed by atoms with Gasteiger partial charge < -0.3 is 5.84 Å². The Bertz CT molecular complexity index is 44.9. The van der Waals surface area contributed by atoms with Crippen LogP contribution in [0.1, 0.15) is 0 Å². The van der Waals surface area contributed by atoms with Crippen LogP contribution in [0.4, 0.5) is 0 Å². The van der Waals surface area contributed by atoms with Gasteiger partial charge in [-0.05, 0) is 0 Å². The lowest BCUT2D eigenvalue weighted by molar-refractivity contribution is 1.25. The average Bonchev–Trinajstić information content (AvgIpc) is 1.37. The highest BCUT2D eigenvalue weighted by molar-refractivity contribution is 5.85. The summed E-state index contributed by atoms with van der Waals surface area (Å²) in [5, 5.41) is 8.56. The fourth-order valence-corrected chi connectivity index (χ4v) is 0. The Kier molecular flexibility index (Phi) is 17.3. The number of nitrogens with one attached hydrogen (secondary N) is 1. The van der Waals surface area contributed by atoms with Gasteiger partial charge in [0.05, 0.1) is 0 Å². The summed E-state index contributed by atoms with van der Waals surface area (Å²) in [4.78, 5) is 0. The van der Waals surface area contributed by atoms with E-state index < -0.39 is 0 Å². The van der Waals surface area contributed by atoms with Gasteiger partial charge in [0.15, 0.2) is 0 Å². The van der Waals surface area contributed by atoms with Gasteiger partial charge in [0, 0.05) is 0 Å². The van der Waals surface area contributed by atoms with E-state index in [1.165, 1.54) is 0 Å². The topological polar surface area (TPSA) is 62.2 Å². The third kappa shape index (κ3) is 33.9. The molecular weight excluding hydrogens is 89.5 g/mol. The molecule has 0 aliphatic heterocycles. The van der Waals surface area contributed by atoms with Gasteiger partial charge in [-0.25, -0.2) is 5.41 Å². The van der Waals surface area contributed by atoms with Gasteiger partial charge in [0.2, 0.25) is 0 Å². The predicted molar refractivity (Wildman–Crippen MR) is 21.6 cm³/mol. The molecule has 0 fully saturated rings. The van der Waals surface area contributed by atoms with E-state index in [1.54, 1.807) is 6.01 Å². The Labute approximate surface area is 35.8 Å². The summed E-state index contributed by atoms with van der Waals surface area (Å²) in [5.41, 5.74) is 0. The highest BCUT2D eigenvalue weighted by Crippen LogP contribution is 1.16. The molecule has 0 aliphatic rings. The lowest BCUT2D eigenvalue weighted by Gasteiger charge is -1.44. The van der Waals surface area contributed by atoms with Crippen molar-refractivity contribution in [1.29, 1.82) is 5.41 Å². The molecule has 0 aromatic rings. The fourth-order valence-electron chi connectivity index (χ4n) is 0. The van der Waals surface area contributed by atoms with Crippen LogP contribution in [0.15, 0.2) is 5.10 Å². The van der Waals surface area contributed by atoms with Crippen molar-refractivity contribution < 1.29 is 0 Å². The van der Waals surface area contributed by atoms with Crippen LogP contribution < -0.4 is 5.84 Å². The molecule has 0 bridgehead atoms. The van der Waals surface area contributed by atoms with E-state index >= 15 is 0 Å². The molecule has 0 rings (SSSR count). The number of halogens is 1. The maximum Gasteiger partial charge on any atom is 0.111 e. The summed E-state index contributed by atoms with van der Waals surface area (Å²) < 4.78 is 0. The number of hydrogen-bond acceptors (Lipinski definition) is 3. The molecular formula is CH4ClN3. The number of nitrogens with two attached hydrogens (primary N) is 1. The van der Waals surface area contributed by atoms with E-state index in [0.717, 1.165) is 0 Å². The van der Waals surface area contributed by atoms with Crippen molar-refractivity contribution in [2.75, 3.05) is 0 Å². The zero-order valence-electron chi connectivity index (χ0n) is 2.43. The third-order valence-electron chi connectivity index (χ3n) is 0.0645. The summed E-state index contributed by atoms with van der Waals surface area (Å²) in [7, 11) is 0. The summed E-state index contributed by atoms with van der Waals surface area (Å²) >= 11 is 0. The zero-order valence-corrected chi connectivity index (χ0v) is 3.25. The molecule has 0 unspecified atom stereocenters. The van der Waals surface area contributed by atoms with Crippen molar-refractivity contribution in [1.82, 2.24) is 0 Å². The number of rotatable bonds is 0. The van der Waals surface area contributed by atoms with Crippen molar-refractivity contribution in [3.63, 3.8) is 0 Å². The van der Waals surface area contributed by atoms with Gasteiger partial charge in [0.25, 0.3) is 0 Å². The van der Waals surface area contributed by atoms with Crippen LogP contribution >= 0.6 is 12.4 Å². The number of hydrogen-bond donors (Lipinski definition) is 2. The molecule has 30 valence electrons. The predicted octanol–water partition coefficient (Wildman–Crippen LogP) is 0.0346. The molecule has 0 aromatic carbocycles. The van der Waals surface area contributed by atoms with Crippen LogP contribution in [0.5, 0.6) is 0 Å². The Morgan fingerprint density at radius 3 is 2.00 bits per heavy atom. The van der Waals surface area contributed by atoms with Gasteiger partial charge >= 0.3 is 0 Å². The molecule has 3 N–H and O–H groups in total. The van der Waals surface area contributed by atoms with Crippen molar-refractivity contribution in [2.45, 2.75) is 0 Å². The second-order valence-electron chi connectivity index (χ2n) is 0.241. The maximum atomic E-state index is 5.91. The SMILES string of the molecule is Cl.N=C=NN. The molecule has 0 heterocycles. The summed E-state index contributed by atoms with van der Waals surface area (Å²) in [5.74, 6) is 4.35. The average molecular weight is 93.5 g/mol. The minimum absolute atomic E-state index is 0. The van der Waals surface area contributed by atoms with Crippen molar-refractivity contribution in [2.24, 2.45) is 10.9 Å². The summed E-state index contributed by atoms with van der Waals surface area (Å²) in [6.07, 6.45) is 0. The molecule has 4 heteroatoms. The smallest absolute Gasteiger partial charge is 0.111 e. The Hall–Kier alpha value is -0.530. The molecule has 0 saturated carbocycles. The maximum absolute atomic E-state index is 5.91. The second kappa shape index (κ2) is 9.80. The van der Waals surface area contributed by atoms with Crippen LogP contribution in [0.2, 0.25) is 0 Å². The van der Waals surface area contributed by atoms with Crippen LogP contribution in [-0.4, -0.2) is 6.01 Å². The van der Waals surface area contributed by atoms with Crippen molar-refractivity contribution in [3.05, 3.63) is 0 Å². The Morgan fingerprint density at radius 2 is 2.00 bits per heavy atom. The van der Waals surface area contributed by atoms with E-state index in [1.807, 2.05) is 0 Å². The largest absolute Gasteiger partial charge is 0.314 e. The zero-order chi connectivity index (χ0) is 3.41. The monoisotopic (exact) mass is 93.0 g/mol. The molecule has 0 aromatic heterocycles. The number of hydrazone groups is 1. The normalized spacial score (nSPS) is 3.20. The standard InChI is InChI=1S/CH3N3.ClH/c2-1-4-3;/h2H,3H2;1H. The minimum Gasteiger partial charge on any atom is -0.314 e. The lowest BCUT2D eigenvalue weighted by atomic mass is 11.6. The van der Waals surface area contributed by atoms with E-state index in [2.05, 4.69) is 10.9 Å². The summed E-state index contributed by atoms with van der Waals surface area (Å²) in [6.45, 7) is 0. The van der Waals surface area contributed by atoms with E-state index in [9.17, 15) is 0 Å². The van der Waals surface area contributed by atoms with Crippen LogP contribution in [0.3, 0.4) is 0 Å². The second-order valence-corrected chi connectivity index (χ2v) is 0.241. The van der Waals surface area contributed by atoms with E-state index in [-0.39, 0.29) is 12.4 Å². The quantitative estimate of drug-likeness (QED) is 0.248. The van der Waals surface area contributed by atoms with Gasteiger partial charge in [-0.2, -0.15) is 0 Å². The van der Waals surface area contributed by atoms with Gasteiger partial charge in [-0.1, -0.05) is 0 Å². The van der Waals surface area contributed by atoms with Crippen molar-refractivity contribution in [3.8, 4) is 0 Å². The Morgan fingerprint density at radius 1 is 1.80 bits per heavy atom. The molecule has 5 heavy (non-hydrogen) atoms. The minimum atomic E-state index is 0. The summed E-state index contributed by atoms with van der Waals surface area (Å²) in [6, 6.07) is 1.58. The van der Waals surface area contributed by atoms with Crippen molar-refractivity contribution >= 4 is 18.4 Å². The van der Waals surface area contributed by atoms with Crippen LogP contribution in [0.25, 0.3) is 0 Å². The first-order valence-corrected chi connectivity index (χ1v) is 0.732. The molecule has 3 nitrogen and oxygen atoms in total. The first-order chi connectivity index (χ1) is 1.91. The van der Waals surface area contributed by atoms with Crippen LogP contribution in [-0.2, 0) is 0 Å². The van der Waals surface area contributed by atoms with Gasteiger partial charge in [-0.3, -0.25) is 0 Å². The highest BCUT2D eigenvalue weighted by atomic mass is 35.5. The van der Waals surface area contributed by atoms with E-state index in [4.69, 9.17) is 5.41 Å². The van der Waals surface area contributed by atoms with Gasteiger partial charge in [-0.15, -0.1) is 17.5 Å².